The number of methoxy groups -OCH3 is 1. The Kier molecular flexibility index (Phi) is 6.28. The molecule has 0 saturated carbocycles. The largest absolute Gasteiger partial charge is 0.465 e. The van der Waals surface area contributed by atoms with Crippen molar-refractivity contribution in [2.45, 2.75) is 51.9 Å². The monoisotopic (exact) mass is 483 g/mol. The lowest BCUT2D eigenvalue weighted by Crippen LogP contribution is -2.15. The van der Waals surface area contributed by atoms with Gasteiger partial charge in [0, 0.05) is 10.3 Å². The van der Waals surface area contributed by atoms with E-state index < -0.39 is 11.9 Å². The molecule has 1 amide bonds. The SMILES string of the molecule is COC(=O)c1c(NC(=O)c2sc3nc(N)c(C#N)c(C(C)C)c3c2N)sc2c1CCCCC2. The molecule has 0 atom stereocenters. The summed E-state index contributed by atoms with van der Waals surface area (Å²) in [5, 5.41) is 13.5. The molecule has 172 valence electrons. The minimum atomic E-state index is -0.454. The molecule has 0 spiro atoms. The van der Waals surface area contributed by atoms with Crippen molar-refractivity contribution in [3.8, 4) is 6.07 Å². The molecule has 1 aliphatic rings. The van der Waals surface area contributed by atoms with E-state index in [2.05, 4.69) is 16.4 Å². The zero-order valence-corrected chi connectivity index (χ0v) is 20.3. The average Bonchev–Trinajstić information content (AvgIpc) is 3.18. The Labute approximate surface area is 199 Å². The smallest absolute Gasteiger partial charge is 0.341 e. The summed E-state index contributed by atoms with van der Waals surface area (Å²) in [6.45, 7) is 3.88. The number of fused-ring (bicyclic) bond motifs is 2. The Morgan fingerprint density at radius 2 is 1.91 bits per heavy atom. The topological polar surface area (TPSA) is 144 Å². The van der Waals surface area contributed by atoms with Crippen molar-refractivity contribution in [3.05, 3.63) is 32.0 Å². The third-order valence-corrected chi connectivity index (χ3v) is 8.18. The number of hydrogen-bond acceptors (Lipinski definition) is 9. The molecular formula is C23H25N5O3S2. The van der Waals surface area contributed by atoms with Crippen LogP contribution in [0.4, 0.5) is 16.5 Å². The molecule has 33 heavy (non-hydrogen) atoms. The van der Waals surface area contributed by atoms with Gasteiger partial charge in [-0.2, -0.15) is 5.26 Å². The summed E-state index contributed by atoms with van der Waals surface area (Å²) in [6, 6.07) is 2.11. The van der Waals surface area contributed by atoms with Crippen molar-refractivity contribution in [1.82, 2.24) is 4.98 Å². The summed E-state index contributed by atoms with van der Waals surface area (Å²) in [5.41, 5.74) is 15.1. The molecule has 8 nitrogen and oxygen atoms in total. The molecule has 3 aromatic rings. The number of rotatable bonds is 4. The van der Waals surface area contributed by atoms with Crippen molar-refractivity contribution in [2.24, 2.45) is 0 Å². The normalized spacial score (nSPS) is 13.4. The first kappa shape index (κ1) is 23.0. The Balaban J connectivity index is 1.80. The summed E-state index contributed by atoms with van der Waals surface area (Å²) in [4.78, 5) is 32.1. The molecule has 3 aromatic heterocycles. The van der Waals surface area contributed by atoms with Gasteiger partial charge in [-0.1, -0.05) is 20.3 Å². The number of nitrogens with one attached hydrogen (secondary N) is 1. The predicted molar refractivity (Wildman–Crippen MR) is 132 cm³/mol. The third kappa shape index (κ3) is 3.92. The minimum absolute atomic E-state index is 0.0425. The molecule has 0 unspecified atom stereocenters. The highest BCUT2D eigenvalue weighted by Crippen LogP contribution is 2.42. The Morgan fingerprint density at radius 1 is 1.18 bits per heavy atom. The lowest BCUT2D eigenvalue weighted by atomic mass is 9.95. The lowest BCUT2D eigenvalue weighted by molar-refractivity contribution is 0.0601. The maximum atomic E-state index is 13.3. The quantitative estimate of drug-likeness (QED) is 0.356. The van der Waals surface area contributed by atoms with E-state index in [9.17, 15) is 14.9 Å². The number of carbonyl (C=O) groups excluding carboxylic acids is 2. The van der Waals surface area contributed by atoms with Crippen LogP contribution in [-0.2, 0) is 17.6 Å². The fourth-order valence-corrected chi connectivity index (χ4v) is 6.66. The number of esters is 1. The maximum Gasteiger partial charge on any atom is 0.341 e. The van der Waals surface area contributed by atoms with E-state index in [4.69, 9.17) is 16.2 Å². The highest BCUT2D eigenvalue weighted by atomic mass is 32.1. The zero-order valence-electron chi connectivity index (χ0n) is 18.7. The highest BCUT2D eigenvalue weighted by molar-refractivity contribution is 7.21. The number of aromatic nitrogens is 1. The van der Waals surface area contributed by atoms with Gasteiger partial charge in [0.1, 0.15) is 26.6 Å². The highest BCUT2D eigenvalue weighted by Gasteiger charge is 2.29. The van der Waals surface area contributed by atoms with Crippen molar-refractivity contribution in [3.63, 3.8) is 0 Å². The molecule has 0 radical (unpaired) electrons. The predicted octanol–water partition coefficient (Wildman–Crippen LogP) is 4.83. The molecule has 3 heterocycles. The van der Waals surface area contributed by atoms with Crippen molar-refractivity contribution in [1.29, 1.82) is 5.26 Å². The summed E-state index contributed by atoms with van der Waals surface area (Å²) in [5.74, 6) is -0.802. The van der Waals surface area contributed by atoms with Crippen LogP contribution in [0.15, 0.2) is 0 Å². The van der Waals surface area contributed by atoms with E-state index in [1.807, 2.05) is 13.8 Å². The van der Waals surface area contributed by atoms with Crippen LogP contribution in [0.5, 0.6) is 0 Å². The number of nitrogen functional groups attached to an aromatic ring is 2. The number of pyridine rings is 1. The molecular weight excluding hydrogens is 458 g/mol. The molecule has 10 heteroatoms. The number of nitriles is 1. The number of nitrogens with zero attached hydrogens (tertiary/aromatic N) is 2. The van der Waals surface area contributed by atoms with Gasteiger partial charge in [-0.25, -0.2) is 9.78 Å². The Hall–Kier alpha value is -3.16. The van der Waals surface area contributed by atoms with Gasteiger partial charge in [-0.05, 0) is 42.7 Å². The van der Waals surface area contributed by atoms with Gasteiger partial charge >= 0.3 is 5.97 Å². The average molecular weight is 484 g/mol. The second-order valence-corrected chi connectivity index (χ2v) is 10.4. The third-order valence-electron chi connectivity index (χ3n) is 5.88. The van der Waals surface area contributed by atoms with Crippen molar-refractivity contribution < 1.29 is 14.3 Å². The van der Waals surface area contributed by atoms with Gasteiger partial charge in [-0.3, -0.25) is 4.79 Å². The second kappa shape index (κ2) is 9.00. The van der Waals surface area contributed by atoms with Gasteiger partial charge in [0.2, 0.25) is 0 Å². The van der Waals surface area contributed by atoms with Crippen LogP contribution in [0, 0.1) is 11.3 Å². The van der Waals surface area contributed by atoms with Gasteiger partial charge in [0.25, 0.3) is 5.91 Å². The van der Waals surface area contributed by atoms with Gasteiger partial charge in [0.15, 0.2) is 0 Å². The van der Waals surface area contributed by atoms with Crippen LogP contribution in [0.1, 0.15) is 80.6 Å². The van der Waals surface area contributed by atoms with Gasteiger partial charge in [-0.15, -0.1) is 22.7 Å². The van der Waals surface area contributed by atoms with Gasteiger partial charge in [0.05, 0.1) is 23.9 Å². The van der Waals surface area contributed by atoms with E-state index in [-0.39, 0.29) is 27.9 Å². The molecule has 5 N–H and O–H groups in total. The van der Waals surface area contributed by atoms with E-state index in [0.717, 1.165) is 53.9 Å². The fraction of sp³-hybridized carbons (Fsp3) is 0.391. The summed E-state index contributed by atoms with van der Waals surface area (Å²) in [6.07, 6.45) is 4.83. The molecule has 0 aliphatic heterocycles. The van der Waals surface area contributed by atoms with Crippen molar-refractivity contribution >= 4 is 61.3 Å². The molecule has 0 fully saturated rings. The standard InChI is InChI=1S/C23H25N5O3S2/c1-10(2)14-12(9-24)19(26)27-22-16(14)17(25)18(33-22)20(29)28-21-15(23(30)31-3)11-7-5-4-6-8-13(11)32-21/h10H,4-8,25H2,1-3H3,(H2,26,27)(H,28,29). The number of ether oxygens (including phenoxy) is 1. The summed E-state index contributed by atoms with van der Waals surface area (Å²) in [7, 11) is 1.34. The van der Waals surface area contributed by atoms with Gasteiger partial charge < -0.3 is 21.5 Å². The second-order valence-electron chi connectivity index (χ2n) is 8.29. The number of amides is 1. The number of aryl methyl sites for hydroxylation is 1. The number of nitrogens with two attached hydrogens (primary N) is 2. The number of anilines is 3. The summed E-state index contributed by atoms with van der Waals surface area (Å²) >= 11 is 2.55. The van der Waals surface area contributed by atoms with E-state index >= 15 is 0 Å². The van der Waals surface area contributed by atoms with E-state index in [0.29, 0.717) is 26.3 Å². The Morgan fingerprint density at radius 3 is 2.58 bits per heavy atom. The first-order chi connectivity index (χ1) is 15.8. The maximum absolute atomic E-state index is 13.3. The first-order valence-corrected chi connectivity index (χ1v) is 12.4. The van der Waals surface area contributed by atoms with Crippen LogP contribution in [0.2, 0.25) is 0 Å². The molecule has 1 aliphatic carbocycles. The number of thiophene rings is 2. The zero-order chi connectivity index (χ0) is 23.9. The molecule has 0 bridgehead atoms. The minimum Gasteiger partial charge on any atom is -0.465 e. The van der Waals surface area contributed by atoms with Crippen LogP contribution in [0.3, 0.4) is 0 Å². The molecule has 4 rings (SSSR count). The fourth-order valence-electron chi connectivity index (χ4n) is 4.37. The Bertz CT molecular complexity index is 1320. The van der Waals surface area contributed by atoms with E-state index in [1.54, 1.807) is 0 Å². The summed E-state index contributed by atoms with van der Waals surface area (Å²) < 4.78 is 5.02. The number of carbonyl (C=O) groups is 2. The first-order valence-electron chi connectivity index (χ1n) is 10.7. The van der Waals surface area contributed by atoms with Crippen LogP contribution in [-0.4, -0.2) is 24.0 Å². The lowest BCUT2D eigenvalue weighted by Gasteiger charge is -2.12. The molecule has 0 aromatic carbocycles. The number of hydrogen-bond donors (Lipinski definition) is 3. The van der Waals surface area contributed by atoms with Crippen LogP contribution in [0.25, 0.3) is 10.2 Å². The van der Waals surface area contributed by atoms with Crippen LogP contribution < -0.4 is 16.8 Å². The van der Waals surface area contributed by atoms with Crippen molar-refractivity contribution in [2.75, 3.05) is 23.9 Å². The van der Waals surface area contributed by atoms with E-state index in [1.165, 1.54) is 18.4 Å². The van der Waals surface area contributed by atoms with Crippen LogP contribution >= 0.6 is 22.7 Å². The molecule has 0 saturated heterocycles.